The van der Waals surface area contributed by atoms with Gasteiger partial charge in [-0.15, -0.1) is 0 Å². The second-order valence-corrected chi connectivity index (χ2v) is 6.96. The summed E-state index contributed by atoms with van der Waals surface area (Å²) in [7, 11) is 0. The van der Waals surface area contributed by atoms with E-state index in [0.717, 1.165) is 54.7 Å². The summed E-state index contributed by atoms with van der Waals surface area (Å²) >= 11 is 2.33. The second-order valence-electron chi connectivity index (χ2n) is 5.94. The van der Waals surface area contributed by atoms with E-state index < -0.39 is 0 Å². The number of halogens is 1. The Bertz CT molecular complexity index is 486. The third-order valence-electron chi connectivity index (χ3n) is 3.63. The van der Waals surface area contributed by atoms with Gasteiger partial charge < -0.3 is 15.0 Å². The normalized spacial score (nSPS) is 21.7. The number of morpholine rings is 1. The molecule has 1 aromatic heterocycles. The lowest BCUT2D eigenvalue weighted by molar-refractivity contribution is 0.122. The van der Waals surface area contributed by atoms with Crippen molar-refractivity contribution < 1.29 is 4.74 Å². The van der Waals surface area contributed by atoms with Crippen LogP contribution in [0.4, 0.5) is 11.8 Å². The lowest BCUT2D eigenvalue weighted by Crippen LogP contribution is -2.38. The maximum Gasteiger partial charge on any atom is 0.228 e. The number of fused-ring (bicyclic) bond motifs is 1. The fourth-order valence-corrected chi connectivity index (χ4v) is 3.18. The Morgan fingerprint density at radius 3 is 2.74 bits per heavy atom. The predicted molar refractivity (Wildman–Crippen MR) is 83.8 cm³/mol. The molecule has 19 heavy (non-hydrogen) atoms. The number of hydrogen-bond donors (Lipinski definition) is 1. The van der Waals surface area contributed by atoms with Crippen LogP contribution in [-0.2, 0) is 11.2 Å². The standard InChI is InChI=1S/C13H19IN4O/c1-13(2)7-9-10(14)16-12(17-11(9)15-8-13)18-3-5-19-6-4-18/h3-8H2,1-2H3,(H,15,16,17). The average Bonchev–Trinajstić information content (AvgIpc) is 2.40. The molecule has 0 amide bonds. The molecule has 2 aliphatic heterocycles. The molecule has 0 radical (unpaired) electrons. The maximum absolute atomic E-state index is 5.38. The first-order valence-electron chi connectivity index (χ1n) is 6.68. The van der Waals surface area contributed by atoms with Crippen LogP contribution in [0.2, 0.25) is 0 Å². The van der Waals surface area contributed by atoms with Gasteiger partial charge in [-0.1, -0.05) is 13.8 Å². The number of ether oxygens (including phenoxy) is 1. The Labute approximate surface area is 127 Å². The van der Waals surface area contributed by atoms with Crippen molar-refractivity contribution >= 4 is 34.4 Å². The number of aromatic nitrogens is 2. The van der Waals surface area contributed by atoms with Crippen molar-refractivity contribution in [3.8, 4) is 0 Å². The number of rotatable bonds is 1. The molecule has 3 rings (SSSR count). The zero-order valence-electron chi connectivity index (χ0n) is 11.4. The van der Waals surface area contributed by atoms with Gasteiger partial charge in [0.15, 0.2) is 0 Å². The number of hydrogen-bond acceptors (Lipinski definition) is 5. The first-order valence-corrected chi connectivity index (χ1v) is 7.76. The maximum atomic E-state index is 5.38. The summed E-state index contributed by atoms with van der Waals surface area (Å²) in [5.74, 6) is 1.85. The average molecular weight is 374 g/mol. The monoisotopic (exact) mass is 374 g/mol. The fraction of sp³-hybridized carbons (Fsp3) is 0.692. The second kappa shape index (κ2) is 5.05. The SMILES string of the molecule is CC1(C)CNc2nc(N3CCOCC3)nc(I)c2C1. The topological polar surface area (TPSA) is 50.3 Å². The minimum Gasteiger partial charge on any atom is -0.378 e. The molecule has 3 heterocycles. The van der Waals surface area contributed by atoms with E-state index in [4.69, 9.17) is 9.72 Å². The van der Waals surface area contributed by atoms with Crippen LogP contribution in [0.1, 0.15) is 19.4 Å². The summed E-state index contributed by atoms with van der Waals surface area (Å²) in [6, 6.07) is 0. The summed E-state index contributed by atoms with van der Waals surface area (Å²) in [6.07, 6.45) is 1.04. The van der Waals surface area contributed by atoms with E-state index >= 15 is 0 Å². The molecule has 5 nitrogen and oxygen atoms in total. The van der Waals surface area contributed by atoms with Crippen molar-refractivity contribution in [3.05, 3.63) is 9.26 Å². The van der Waals surface area contributed by atoms with E-state index in [1.54, 1.807) is 0 Å². The van der Waals surface area contributed by atoms with Crippen molar-refractivity contribution in [3.63, 3.8) is 0 Å². The zero-order chi connectivity index (χ0) is 13.5. The Morgan fingerprint density at radius 1 is 1.26 bits per heavy atom. The molecule has 0 spiro atoms. The molecule has 1 N–H and O–H groups in total. The molecule has 1 fully saturated rings. The van der Waals surface area contributed by atoms with Gasteiger partial charge in [0.1, 0.15) is 9.52 Å². The van der Waals surface area contributed by atoms with Crippen molar-refractivity contribution in [1.29, 1.82) is 0 Å². The van der Waals surface area contributed by atoms with Gasteiger partial charge in [0.2, 0.25) is 5.95 Å². The molecule has 6 heteroatoms. The van der Waals surface area contributed by atoms with E-state index in [0.29, 0.717) is 0 Å². The zero-order valence-corrected chi connectivity index (χ0v) is 13.5. The highest BCUT2D eigenvalue weighted by Crippen LogP contribution is 2.34. The molecule has 0 saturated carbocycles. The summed E-state index contributed by atoms with van der Waals surface area (Å²) < 4.78 is 6.45. The highest BCUT2D eigenvalue weighted by Gasteiger charge is 2.29. The Morgan fingerprint density at radius 2 is 2.00 bits per heavy atom. The van der Waals surface area contributed by atoms with E-state index in [2.05, 4.69) is 51.6 Å². The van der Waals surface area contributed by atoms with Gasteiger partial charge in [0.25, 0.3) is 0 Å². The van der Waals surface area contributed by atoms with Gasteiger partial charge >= 0.3 is 0 Å². The molecule has 1 saturated heterocycles. The van der Waals surface area contributed by atoms with Gasteiger partial charge in [-0.3, -0.25) is 0 Å². The van der Waals surface area contributed by atoms with Crippen LogP contribution in [0.3, 0.4) is 0 Å². The summed E-state index contributed by atoms with van der Waals surface area (Å²) in [5, 5.41) is 3.46. The van der Waals surface area contributed by atoms with Crippen molar-refractivity contribution in [2.45, 2.75) is 20.3 Å². The van der Waals surface area contributed by atoms with Gasteiger partial charge in [0, 0.05) is 25.2 Å². The van der Waals surface area contributed by atoms with Gasteiger partial charge in [-0.2, -0.15) is 4.98 Å². The largest absolute Gasteiger partial charge is 0.378 e. The van der Waals surface area contributed by atoms with Gasteiger partial charge in [0.05, 0.1) is 13.2 Å². The summed E-state index contributed by atoms with van der Waals surface area (Å²) in [6.45, 7) is 8.79. The Hall–Kier alpha value is -0.630. The molecular formula is C13H19IN4O. The molecule has 0 unspecified atom stereocenters. The Balaban J connectivity index is 1.91. The van der Waals surface area contributed by atoms with Gasteiger partial charge in [-0.25, -0.2) is 4.98 Å². The minimum absolute atomic E-state index is 0.275. The van der Waals surface area contributed by atoms with E-state index in [1.807, 2.05) is 0 Å². The molecule has 0 bridgehead atoms. The van der Waals surface area contributed by atoms with Crippen LogP contribution in [0.5, 0.6) is 0 Å². The number of nitrogens with one attached hydrogen (secondary N) is 1. The van der Waals surface area contributed by atoms with Crippen molar-refractivity contribution in [2.24, 2.45) is 5.41 Å². The predicted octanol–water partition coefficient (Wildman–Crippen LogP) is 1.91. The molecule has 0 atom stereocenters. The number of nitrogens with zero attached hydrogens (tertiary/aromatic N) is 3. The molecule has 1 aromatic rings. The molecule has 0 aromatic carbocycles. The van der Waals surface area contributed by atoms with Crippen LogP contribution in [0.25, 0.3) is 0 Å². The molecule has 104 valence electrons. The van der Waals surface area contributed by atoms with E-state index in [-0.39, 0.29) is 5.41 Å². The fourth-order valence-electron chi connectivity index (χ4n) is 2.52. The lowest BCUT2D eigenvalue weighted by Gasteiger charge is -2.33. The van der Waals surface area contributed by atoms with Crippen LogP contribution in [0.15, 0.2) is 0 Å². The minimum atomic E-state index is 0.275. The first-order chi connectivity index (χ1) is 9.05. The van der Waals surface area contributed by atoms with Gasteiger partial charge in [-0.05, 0) is 34.4 Å². The Kier molecular flexibility index (Phi) is 3.55. The molecule has 0 aliphatic carbocycles. The van der Waals surface area contributed by atoms with E-state index in [9.17, 15) is 0 Å². The van der Waals surface area contributed by atoms with Crippen molar-refractivity contribution in [1.82, 2.24) is 9.97 Å². The first kappa shape index (κ1) is 13.4. The third-order valence-corrected chi connectivity index (χ3v) is 4.52. The van der Waals surface area contributed by atoms with Crippen LogP contribution in [-0.4, -0.2) is 42.8 Å². The third kappa shape index (κ3) is 2.79. The van der Waals surface area contributed by atoms with Crippen molar-refractivity contribution in [2.75, 3.05) is 43.1 Å². The quantitative estimate of drug-likeness (QED) is 0.601. The summed E-state index contributed by atoms with van der Waals surface area (Å²) in [4.78, 5) is 11.6. The number of anilines is 2. The highest BCUT2D eigenvalue weighted by atomic mass is 127. The van der Waals surface area contributed by atoms with Crippen LogP contribution >= 0.6 is 22.6 Å². The summed E-state index contributed by atoms with van der Waals surface area (Å²) in [5.41, 5.74) is 1.53. The van der Waals surface area contributed by atoms with E-state index in [1.165, 1.54) is 5.56 Å². The molecular weight excluding hydrogens is 355 g/mol. The molecule has 2 aliphatic rings. The smallest absolute Gasteiger partial charge is 0.228 e. The lowest BCUT2D eigenvalue weighted by atomic mass is 9.84. The van der Waals surface area contributed by atoms with Crippen LogP contribution in [0, 0.1) is 9.12 Å². The van der Waals surface area contributed by atoms with Crippen LogP contribution < -0.4 is 10.2 Å². The highest BCUT2D eigenvalue weighted by molar-refractivity contribution is 14.1.